The summed E-state index contributed by atoms with van der Waals surface area (Å²) in [7, 11) is 1.77. The van der Waals surface area contributed by atoms with E-state index in [1.54, 1.807) is 7.05 Å². The van der Waals surface area contributed by atoms with Crippen molar-refractivity contribution in [3.05, 3.63) is 65.6 Å². The molecule has 0 fully saturated rings. The molecule has 25 heavy (non-hydrogen) atoms. The highest BCUT2D eigenvalue weighted by molar-refractivity contribution is 5.79. The van der Waals surface area contributed by atoms with E-state index in [1.165, 1.54) is 11.1 Å². The van der Waals surface area contributed by atoms with Gasteiger partial charge in [-0.3, -0.25) is 9.39 Å². The summed E-state index contributed by atoms with van der Waals surface area (Å²) in [6, 6.07) is 14.6. The minimum atomic E-state index is 0.566. The molecular weight excluding hydrogens is 312 g/mol. The third kappa shape index (κ3) is 4.35. The molecule has 2 heterocycles. The van der Waals surface area contributed by atoms with Crippen molar-refractivity contribution in [3.63, 3.8) is 0 Å². The number of aromatic nitrogens is 3. The largest absolute Gasteiger partial charge is 0.356 e. The topological polar surface area (TPSA) is 66.6 Å². The van der Waals surface area contributed by atoms with Gasteiger partial charge in [0.15, 0.2) is 17.4 Å². The molecule has 0 aliphatic rings. The van der Waals surface area contributed by atoms with Crippen LogP contribution in [0.2, 0.25) is 0 Å². The van der Waals surface area contributed by atoms with Crippen molar-refractivity contribution >= 4 is 11.6 Å². The molecule has 3 rings (SSSR count). The number of benzene rings is 1. The minimum absolute atomic E-state index is 0.566. The fraction of sp³-hybridized carbons (Fsp3) is 0.316. The normalized spacial score (nSPS) is 11.7. The highest BCUT2D eigenvalue weighted by atomic mass is 15.3. The second-order valence-electron chi connectivity index (χ2n) is 5.82. The lowest BCUT2D eigenvalue weighted by molar-refractivity contribution is 0.757. The van der Waals surface area contributed by atoms with Crippen LogP contribution in [0.4, 0.5) is 0 Å². The van der Waals surface area contributed by atoms with Crippen LogP contribution in [0, 0.1) is 0 Å². The molecule has 0 atom stereocenters. The summed E-state index contributed by atoms with van der Waals surface area (Å²) in [5.74, 6) is 1.62. The van der Waals surface area contributed by atoms with Crippen molar-refractivity contribution in [2.45, 2.75) is 26.3 Å². The molecule has 0 amide bonds. The Morgan fingerprint density at radius 3 is 2.60 bits per heavy atom. The molecule has 0 unspecified atom stereocenters. The van der Waals surface area contributed by atoms with Gasteiger partial charge in [0.2, 0.25) is 0 Å². The molecular formula is C19H24N6. The van der Waals surface area contributed by atoms with Crippen molar-refractivity contribution in [1.82, 2.24) is 25.2 Å². The Morgan fingerprint density at radius 2 is 1.84 bits per heavy atom. The van der Waals surface area contributed by atoms with Crippen LogP contribution >= 0.6 is 0 Å². The Balaban J connectivity index is 1.49. The molecule has 0 saturated carbocycles. The molecule has 3 aromatic rings. The average Bonchev–Trinajstić information content (AvgIpc) is 3.08. The standard InChI is InChI=1S/C19H24N6/c1-3-15-7-9-16(10-8-15)11-12-21-19(20-2)22-14-18-24-23-17-6-4-5-13-25(17)18/h4-10,13H,3,11-12,14H2,1-2H3,(H2,20,21,22). The van der Waals surface area contributed by atoms with Crippen LogP contribution in [0.1, 0.15) is 23.9 Å². The third-order valence-corrected chi connectivity index (χ3v) is 4.16. The highest BCUT2D eigenvalue weighted by Crippen LogP contribution is 2.05. The van der Waals surface area contributed by atoms with Crippen LogP contribution < -0.4 is 10.6 Å². The van der Waals surface area contributed by atoms with Gasteiger partial charge in [0.05, 0.1) is 6.54 Å². The van der Waals surface area contributed by atoms with E-state index in [2.05, 4.69) is 57.0 Å². The molecule has 130 valence electrons. The van der Waals surface area contributed by atoms with Gasteiger partial charge in [-0.15, -0.1) is 10.2 Å². The molecule has 6 heteroatoms. The first-order valence-corrected chi connectivity index (χ1v) is 8.61. The van der Waals surface area contributed by atoms with Gasteiger partial charge in [0.1, 0.15) is 0 Å². The molecule has 2 aromatic heterocycles. The first kappa shape index (κ1) is 17.0. The van der Waals surface area contributed by atoms with Crippen molar-refractivity contribution in [2.75, 3.05) is 13.6 Å². The van der Waals surface area contributed by atoms with Gasteiger partial charge in [0, 0.05) is 19.8 Å². The van der Waals surface area contributed by atoms with Crippen LogP contribution in [-0.4, -0.2) is 34.2 Å². The number of aliphatic imine (C=N–C) groups is 1. The maximum atomic E-state index is 4.26. The minimum Gasteiger partial charge on any atom is -0.356 e. The first-order chi connectivity index (χ1) is 12.3. The van der Waals surface area contributed by atoms with E-state index in [0.29, 0.717) is 6.54 Å². The lowest BCUT2D eigenvalue weighted by Gasteiger charge is -2.11. The second kappa shape index (κ2) is 8.28. The lowest BCUT2D eigenvalue weighted by Crippen LogP contribution is -2.38. The molecule has 0 aliphatic heterocycles. The smallest absolute Gasteiger partial charge is 0.191 e. The Morgan fingerprint density at radius 1 is 1.04 bits per heavy atom. The van der Waals surface area contributed by atoms with Crippen LogP contribution in [0.15, 0.2) is 53.7 Å². The fourth-order valence-corrected chi connectivity index (χ4v) is 2.66. The highest BCUT2D eigenvalue weighted by Gasteiger charge is 2.05. The number of rotatable bonds is 6. The van der Waals surface area contributed by atoms with Crippen LogP contribution in [0.3, 0.4) is 0 Å². The van der Waals surface area contributed by atoms with Gasteiger partial charge in [-0.1, -0.05) is 37.3 Å². The second-order valence-corrected chi connectivity index (χ2v) is 5.82. The quantitative estimate of drug-likeness (QED) is 0.535. The van der Waals surface area contributed by atoms with E-state index in [4.69, 9.17) is 0 Å². The number of hydrogen-bond donors (Lipinski definition) is 2. The predicted molar refractivity (Wildman–Crippen MR) is 101 cm³/mol. The molecule has 0 aliphatic carbocycles. The summed E-state index contributed by atoms with van der Waals surface area (Å²) in [5.41, 5.74) is 3.54. The monoisotopic (exact) mass is 336 g/mol. The van der Waals surface area contributed by atoms with Gasteiger partial charge in [-0.2, -0.15) is 0 Å². The summed E-state index contributed by atoms with van der Waals surface area (Å²) in [6.07, 6.45) is 3.99. The maximum absolute atomic E-state index is 4.26. The SMILES string of the molecule is CCc1ccc(CCNC(=NC)NCc2nnc3ccccn23)cc1. The Bertz CT molecular complexity index is 835. The fourth-order valence-electron chi connectivity index (χ4n) is 2.66. The van der Waals surface area contributed by atoms with Gasteiger partial charge < -0.3 is 10.6 Å². The van der Waals surface area contributed by atoms with Crippen LogP contribution in [-0.2, 0) is 19.4 Å². The van der Waals surface area contributed by atoms with Gasteiger partial charge in [-0.05, 0) is 36.1 Å². The summed E-state index contributed by atoms with van der Waals surface area (Å²) in [6.45, 7) is 3.56. The summed E-state index contributed by atoms with van der Waals surface area (Å²) in [4.78, 5) is 4.26. The molecule has 2 N–H and O–H groups in total. The van der Waals surface area contributed by atoms with Crippen molar-refractivity contribution in [3.8, 4) is 0 Å². The summed E-state index contributed by atoms with van der Waals surface area (Å²) >= 11 is 0. The van der Waals surface area contributed by atoms with Crippen molar-refractivity contribution in [2.24, 2.45) is 4.99 Å². The average molecular weight is 336 g/mol. The van der Waals surface area contributed by atoms with Gasteiger partial charge in [0.25, 0.3) is 0 Å². The number of guanidine groups is 1. The zero-order chi connectivity index (χ0) is 17.5. The maximum Gasteiger partial charge on any atom is 0.191 e. The third-order valence-electron chi connectivity index (χ3n) is 4.16. The first-order valence-electron chi connectivity index (χ1n) is 8.61. The van der Waals surface area contributed by atoms with E-state index in [-0.39, 0.29) is 0 Å². The molecule has 6 nitrogen and oxygen atoms in total. The van der Waals surface area contributed by atoms with Gasteiger partial charge >= 0.3 is 0 Å². The van der Waals surface area contributed by atoms with E-state index in [0.717, 1.165) is 36.8 Å². The van der Waals surface area contributed by atoms with Crippen LogP contribution in [0.25, 0.3) is 5.65 Å². The Hall–Kier alpha value is -2.89. The zero-order valence-corrected chi connectivity index (χ0v) is 14.7. The van der Waals surface area contributed by atoms with E-state index in [1.807, 2.05) is 28.8 Å². The Kier molecular flexibility index (Phi) is 5.61. The van der Waals surface area contributed by atoms with Crippen LogP contribution in [0.5, 0.6) is 0 Å². The van der Waals surface area contributed by atoms with Crippen molar-refractivity contribution in [1.29, 1.82) is 0 Å². The Labute approximate surface area is 148 Å². The number of hydrogen-bond acceptors (Lipinski definition) is 3. The molecule has 0 spiro atoms. The molecule has 0 radical (unpaired) electrons. The summed E-state index contributed by atoms with van der Waals surface area (Å²) in [5, 5.41) is 15.0. The number of aryl methyl sites for hydroxylation is 1. The zero-order valence-electron chi connectivity index (χ0n) is 14.7. The summed E-state index contributed by atoms with van der Waals surface area (Å²) < 4.78 is 1.97. The lowest BCUT2D eigenvalue weighted by atomic mass is 10.1. The van der Waals surface area contributed by atoms with E-state index in [9.17, 15) is 0 Å². The number of nitrogens with one attached hydrogen (secondary N) is 2. The molecule has 0 saturated heterocycles. The molecule has 1 aromatic carbocycles. The number of fused-ring (bicyclic) bond motifs is 1. The number of nitrogens with zero attached hydrogens (tertiary/aromatic N) is 4. The van der Waals surface area contributed by atoms with E-state index >= 15 is 0 Å². The predicted octanol–water partition coefficient (Wildman–Crippen LogP) is 2.20. The van der Waals surface area contributed by atoms with Gasteiger partial charge in [-0.25, -0.2) is 0 Å². The van der Waals surface area contributed by atoms with E-state index < -0.39 is 0 Å². The van der Waals surface area contributed by atoms with Crippen molar-refractivity contribution < 1.29 is 0 Å². The number of pyridine rings is 1. The molecule has 0 bridgehead atoms.